The average Bonchev–Trinajstić information content (AvgIpc) is 2.31. The lowest BCUT2D eigenvalue weighted by atomic mass is 9.80. The van der Waals surface area contributed by atoms with Crippen LogP contribution in [0, 0.1) is 11.2 Å². The van der Waals surface area contributed by atoms with E-state index < -0.39 is 5.82 Å². The Hall–Kier alpha value is -0.940. The lowest BCUT2D eigenvalue weighted by Gasteiger charge is -2.39. The Kier molecular flexibility index (Phi) is 4.26. The summed E-state index contributed by atoms with van der Waals surface area (Å²) in [6, 6.07) is 4.54. The van der Waals surface area contributed by atoms with Gasteiger partial charge in [0, 0.05) is 17.1 Å². The van der Waals surface area contributed by atoms with Crippen LogP contribution in [0.5, 0.6) is 0 Å². The van der Waals surface area contributed by atoms with Crippen molar-refractivity contribution in [2.45, 2.75) is 26.3 Å². The maximum atomic E-state index is 13.7. The van der Waals surface area contributed by atoms with Crippen molar-refractivity contribution in [3.8, 4) is 0 Å². The van der Waals surface area contributed by atoms with Gasteiger partial charge in [0.2, 0.25) is 0 Å². The van der Waals surface area contributed by atoms with Crippen molar-refractivity contribution in [2.75, 3.05) is 13.1 Å². The second kappa shape index (κ2) is 5.59. The minimum Gasteiger partial charge on any atom is -0.349 e. The van der Waals surface area contributed by atoms with E-state index in [9.17, 15) is 9.18 Å². The number of halogens is 2. The molecule has 3 nitrogen and oxygen atoms in total. The fraction of sp³-hybridized carbons (Fsp3) is 0.500. The number of carbonyl (C=O) groups is 1. The molecule has 104 valence electrons. The summed E-state index contributed by atoms with van der Waals surface area (Å²) >= 11 is 3.18. The van der Waals surface area contributed by atoms with Gasteiger partial charge in [-0.1, -0.05) is 29.8 Å². The summed E-state index contributed by atoms with van der Waals surface area (Å²) in [5, 5.41) is 6.26. The van der Waals surface area contributed by atoms with Gasteiger partial charge in [-0.3, -0.25) is 4.79 Å². The number of rotatable bonds is 2. The molecule has 1 aromatic carbocycles. The smallest absolute Gasteiger partial charge is 0.254 e. The fourth-order valence-electron chi connectivity index (χ4n) is 2.35. The summed E-state index contributed by atoms with van der Waals surface area (Å²) in [6.07, 6.45) is 0.858. The number of hydrogen-bond donors (Lipinski definition) is 2. The first-order valence-corrected chi connectivity index (χ1v) is 7.16. The molecule has 5 heteroatoms. The number of carbonyl (C=O) groups excluding carboxylic acids is 1. The largest absolute Gasteiger partial charge is 0.349 e. The van der Waals surface area contributed by atoms with Gasteiger partial charge in [-0.15, -0.1) is 0 Å². The van der Waals surface area contributed by atoms with Crippen molar-refractivity contribution < 1.29 is 9.18 Å². The third-order valence-electron chi connectivity index (χ3n) is 3.61. The zero-order chi connectivity index (χ0) is 14.0. The normalized spacial score (nSPS) is 22.0. The molecule has 19 heavy (non-hydrogen) atoms. The lowest BCUT2D eigenvalue weighted by molar-refractivity contribution is 0.0864. The van der Waals surface area contributed by atoms with Crippen LogP contribution < -0.4 is 10.6 Å². The molecule has 1 aliphatic heterocycles. The Morgan fingerprint density at radius 1 is 1.53 bits per heavy atom. The van der Waals surface area contributed by atoms with Crippen LogP contribution in [0.25, 0.3) is 0 Å². The minimum absolute atomic E-state index is 0.0280. The molecular formula is C14H18BrFN2O. The van der Waals surface area contributed by atoms with Gasteiger partial charge in [-0.05, 0) is 36.6 Å². The zero-order valence-electron chi connectivity index (χ0n) is 11.1. The topological polar surface area (TPSA) is 41.1 Å². The van der Waals surface area contributed by atoms with Crippen LogP contribution in [0.15, 0.2) is 22.7 Å². The van der Waals surface area contributed by atoms with E-state index in [1.807, 2.05) is 0 Å². The van der Waals surface area contributed by atoms with Crippen LogP contribution in [0.4, 0.5) is 4.39 Å². The quantitative estimate of drug-likeness (QED) is 0.876. The standard InChI is InChI=1S/C14H18BrFN2O/c1-14(2)8-17-6-5-12(14)18-13(19)10-4-3-9(15)7-11(10)16/h3-4,7,12,17H,5-6,8H2,1-2H3,(H,18,19). The maximum absolute atomic E-state index is 13.7. The number of benzene rings is 1. The molecule has 1 atom stereocenters. The van der Waals surface area contributed by atoms with Crippen molar-refractivity contribution in [3.05, 3.63) is 34.1 Å². The van der Waals surface area contributed by atoms with E-state index in [4.69, 9.17) is 0 Å². The van der Waals surface area contributed by atoms with Gasteiger partial charge in [0.05, 0.1) is 5.56 Å². The van der Waals surface area contributed by atoms with Crippen molar-refractivity contribution in [2.24, 2.45) is 5.41 Å². The van der Waals surface area contributed by atoms with Crippen molar-refractivity contribution in [3.63, 3.8) is 0 Å². The summed E-state index contributed by atoms with van der Waals surface area (Å²) in [4.78, 5) is 12.1. The molecule has 1 amide bonds. The SMILES string of the molecule is CC1(C)CNCCC1NC(=O)c1ccc(Br)cc1F. The van der Waals surface area contributed by atoms with Crippen LogP contribution in [-0.4, -0.2) is 25.0 Å². The number of nitrogens with one attached hydrogen (secondary N) is 2. The Morgan fingerprint density at radius 2 is 2.26 bits per heavy atom. The molecular weight excluding hydrogens is 311 g/mol. The second-order valence-corrected chi connectivity index (χ2v) is 6.52. The van der Waals surface area contributed by atoms with Gasteiger partial charge >= 0.3 is 0 Å². The Bertz CT molecular complexity index is 490. The molecule has 0 spiro atoms. The Labute approximate surface area is 121 Å². The first-order chi connectivity index (χ1) is 8.90. The molecule has 1 unspecified atom stereocenters. The summed E-state index contributed by atoms with van der Waals surface area (Å²) in [5.41, 5.74) is 0.0669. The molecule has 0 radical (unpaired) electrons. The zero-order valence-corrected chi connectivity index (χ0v) is 12.7. The van der Waals surface area contributed by atoms with E-state index in [0.29, 0.717) is 4.47 Å². The highest BCUT2D eigenvalue weighted by Crippen LogP contribution is 2.25. The summed E-state index contributed by atoms with van der Waals surface area (Å²) in [7, 11) is 0. The number of piperidine rings is 1. The van der Waals surface area contributed by atoms with Crippen LogP contribution in [0.2, 0.25) is 0 Å². The average molecular weight is 329 g/mol. The lowest BCUT2D eigenvalue weighted by Crippen LogP contribution is -2.54. The molecule has 1 heterocycles. The molecule has 1 fully saturated rings. The number of hydrogen-bond acceptors (Lipinski definition) is 2. The molecule has 1 aromatic rings. The predicted molar refractivity (Wildman–Crippen MR) is 76.6 cm³/mol. The highest BCUT2D eigenvalue weighted by Gasteiger charge is 2.33. The summed E-state index contributed by atoms with van der Waals surface area (Å²) in [6.45, 7) is 5.92. The van der Waals surface area contributed by atoms with Crippen molar-refractivity contribution >= 4 is 21.8 Å². The summed E-state index contributed by atoms with van der Waals surface area (Å²) in [5.74, 6) is -0.844. The third kappa shape index (κ3) is 3.34. The first kappa shape index (κ1) is 14.5. The molecule has 2 rings (SSSR count). The van der Waals surface area contributed by atoms with E-state index in [2.05, 4.69) is 40.4 Å². The van der Waals surface area contributed by atoms with Crippen molar-refractivity contribution in [1.82, 2.24) is 10.6 Å². The highest BCUT2D eigenvalue weighted by molar-refractivity contribution is 9.10. The second-order valence-electron chi connectivity index (χ2n) is 5.60. The van der Waals surface area contributed by atoms with E-state index >= 15 is 0 Å². The van der Waals surface area contributed by atoms with E-state index in [0.717, 1.165) is 19.5 Å². The first-order valence-electron chi connectivity index (χ1n) is 6.37. The fourth-order valence-corrected chi connectivity index (χ4v) is 2.68. The molecule has 0 aliphatic carbocycles. The van der Waals surface area contributed by atoms with Crippen LogP contribution in [0.1, 0.15) is 30.6 Å². The Balaban J connectivity index is 2.12. The summed E-state index contributed by atoms with van der Waals surface area (Å²) < 4.78 is 14.4. The molecule has 0 aromatic heterocycles. The monoisotopic (exact) mass is 328 g/mol. The van der Waals surface area contributed by atoms with Crippen LogP contribution >= 0.6 is 15.9 Å². The van der Waals surface area contributed by atoms with Gasteiger partial charge in [0.25, 0.3) is 5.91 Å². The van der Waals surface area contributed by atoms with Crippen molar-refractivity contribution in [1.29, 1.82) is 0 Å². The molecule has 1 saturated heterocycles. The van der Waals surface area contributed by atoms with Crippen LogP contribution in [0.3, 0.4) is 0 Å². The third-order valence-corrected chi connectivity index (χ3v) is 4.11. The van der Waals surface area contributed by atoms with Gasteiger partial charge < -0.3 is 10.6 Å². The van der Waals surface area contributed by atoms with E-state index in [1.165, 1.54) is 12.1 Å². The Morgan fingerprint density at radius 3 is 2.89 bits per heavy atom. The van der Waals surface area contributed by atoms with Gasteiger partial charge in [-0.25, -0.2) is 4.39 Å². The van der Waals surface area contributed by atoms with E-state index in [1.54, 1.807) is 6.07 Å². The predicted octanol–water partition coefficient (Wildman–Crippen LogP) is 2.71. The van der Waals surface area contributed by atoms with Crippen LogP contribution in [-0.2, 0) is 0 Å². The number of amides is 1. The van der Waals surface area contributed by atoms with E-state index in [-0.39, 0.29) is 22.9 Å². The highest BCUT2D eigenvalue weighted by atomic mass is 79.9. The van der Waals surface area contributed by atoms with Gasteiger partial charge in [0.1, 0.15) is 5.82 Å². The molecule has 1 aliphatic rings. The molecule has 2 N–H and O–H groups in total. The minimum atomic E-state index is -0.501. The maximum Gasteiger partial charge on any atom is 0.254 e. The van der Waals surface area contributed by atoms with Gasteiger partial charge in [0.15, 0.2) is 0 Å². The van der Waals surface area contributed by atoms with Gasteiger partial charge in [-0.2, -0.15) is 0 Å². The molecule has 0 saturated carbocycles. The molecule has 0 bridgehead atoms.